The Kier molecular flexibility index (Phi) is 2.82. The van der Waals surface area contributed by atoms with Gasteiger partial charge >= 0.3 is 5.69 Å². The van der Waals surface area contributed by atoms with Gasteiger partial charge in [-0.1, -0.05) is 0 Å². The van der Waals surface area contributed by atoms with Gasteiger partial charge < -0.3 is 19.3 Å². The van der Waals surface area contributed by atoms with Gasteiger partial charge in [-0.3, -0.25) is 9.59 Å². The molecule has 7 nitrogen and oxygen atoms in total. The topological polar surface area (TPSA) is 99.2 Å². The smallest absolute Gasteiger partial charge is 0.323 e. The van der Waals surface area contributed by atoms with Crippen molar-refractivity contribution in [1.29, 1.82) is 0 Å². The van der Waals surface area contributed by atoms with Crippen LogP contribution in [0.5, 0.6) is 0 Å². The third-order valence-electron chi connectivity index (χ3n) is 4.35. The second-order valence-corrected chi connectivity index (χ2v) is 5.74. The van der Waals surface area contributed by atoms with Crippen LogP contribution in [0.25, 0.3) is 0 Å². The molecule has 2 aliphatic rings. The van der Waals surface area contributed by atoms with Gasteiger partial charge in [0.05, 0.1) is 23.4 Å². The highest BCUT2D eigenvalue weighted by atomic mass is 16.3. The predicted octanol–water partition coefficient (Wildman–Crippen LogP) is 1.01. The Bertz CT molecular complexity index is 826. The summed E-state index contributed by atoms with van der Waals surface area (Å²) in [6.07, 6.45) is 3.91. The minimum absolute atomic E-state index is 0.0221. The molecule has 2 aromatic heterocycles. The van der Waals surface area contributed by atoms with Crippen molar-refractivity contribution in [3.63, 3.8) is 0 Å². The average Bonchev–Trinajstić information content (AvgIpc) is 3.08. The van der Waals surface area contributed by atoms with Crippen LogP contribution in [0.1, 0.15) is 50.7 Å². The van der Waals surface area contributed by atoms with Gasteiger partial charge in [-0.15, -0.1) is 0 Å². The van der Waals surface area contributed by atoms with Gasteiger partial charge in [0, 0.05) is 31.5 Å². The lowest BCUT2D eigenvalue weighted by Gasteiger charge is -2.26. The summed E-state index contributed by atoms with van der Waals surface area (Å²) < 4.78 is 5.41. The number of furan rings is 1. The minimum atomic E-state index is -0.254. The monoisotopic (exact) mass is 301 g/mol. The van der Waals surface area contributed by atoms with Crippen LogP contribution in [-0.2, 0) is 19.4 Å². The van der Waals surface area contributed by atoms with Crippen molar-refractivity contribution in [2.75, 3.05) is 6.54 Å². The van der Waals surface area contributed by atoms with Crippen LogP contribution < -0.4 is 5.69 Å². The van der Waals surface area contributed by atoms with E-state index in [0.29, 0.717) is 49.2 Å². The maximum atomic E-state index is 12.7. The number of hydrogen-bond donors (Lipinski definition) is 2. The highest BCUT2D eigenvalue weighted by molar-refractivity contribution is 6.09. The van der Waals surface area contributed by atoms with Gasteiger partial charge in [0.25, 0.3) is 5.91 Å². The first-order chi connectivity index (χ1) is 10.6. The van der Waals surface area contributed by atoms with E-state index in [2.05, 4.69) is 9.97 Å². The number of Topliss-reactive ketones (excluding diaryl/α,β-unsaturated/α-hetero) is 1. The Balaban J connectivity index is 1.65. The van der Waals surface area contributed by atoms with Crippen molar-refractivity contribution in [3.8, 4) is 0 Å². The highest BCUT2D eigenvalue weighted by Gasteiger charge is 2.31. The number of aromatic nitrogens is 2. The first-order valence-corrected chi connectivity index (χ1v) is 7.36. The molecule has 3 heterocycles. The van der Waals surface area contributed by atoms with E-state index in [1.54, 1.807) is 4.90 Å². The summed E-state index contributed by atoms with van der Waals surface area (Å²) in [6.45, 7) is 0.842. The fourth-order valence-electron chi connectivity index (χ4n) is 3.24. The zero-order valence-electron chi connectivity index (χ0n) is 11.9. The Morgan fingerprint density at radius 3 is 2.82 bits per heavy atom. The van der Waals surface area contributed by atoms with Gasteiger partial charge in [0.1, 0.15) is 12.0 Å². The quantitative estimate of drug-likeness (QED) is 0.821. The van der Waals surface area contributed by atoms with Crippen LogP contribution in [0.3, 0.4) is 0 Å². The Morgan fingerprint density at radius 1 is 1.14 bits per heavy atom. The van der Waals surface area contributed by atoms with E-state index in [1.165, 1.54) is 6.26 Å². The molecule has 0 bridgehead atoms. The van der Waals surface area contributed by atoms with E-state index >= 15 is 0 Å². The number of aromatic amines is 2. The molecule has 0 saturated carbocycles. The van der Waals surface area contributed by atoms with Crippen molar-refractivity contribution in [2.45, 2.75) is 32.2 Å². The molecule has 22 heavy (non-hydrogen) atoms. The summed E-state index contributed by atoms with van der Waals surface area (Å²) in [7, 11) is 0. The largest absolute Gasteiger partial charge is 0.468 e. The number of imidazole rings is 1. The Morgan fingerprint density at radius 2 is 1.95 bits per heavy atom. The summed E-state index contributed by atoms with van der Waals surface area (Å²) in [4.78, 5) is 43.2. The lowest BCUT2D eigenvalue weighted by molar-refractivity contribution is 0.0726. The molecule has 2 aromatic rings. The van der Waals surface area contributed by atoms with Crippen molar-refractivity contribution in [1.82, 2.24) is 14.9 Å². The molecule has 0 fully saturated rings. The zero-order valence-corrected chi connectivity index (χ0v) is 11.9. The predicted molar refractivity (Wildman–Crippen MR) is 75.8 cm³/mol. The summed E-state index contributed by atoms with van der Waals surface area (Å²) in [5.74, 6) is 0.381. The SMILES string of the molecule is O=C1CCCc2occ(C(=O)N3CCc4[nH]c(=O)[nH]c4C3)c21. The molecule has 0 spiro atoms. The van der Waals surface area contributed by atoms with Crippen LogP contribution in [-0.4, -0.2) is 33.1 Å². The van der Waals surface area contributed by atoms with E-state index in [-0.39, 0.29) is 17.4 Å². The van der Waals surface area contributed by atoms with E-state index < -0.39 is 0 Å². The normalized spacial score (nSPS) is 17.3. The molecule has 7 heteroatoms. The molecule has 1 amide bonds. The van der Waals surface area contributed by atoms with Crippen LogP contribution in [0.4, 0.5) is 0 Å². The number of H-pyrrole nitrogens is 2. The number of hydrogen-bond acceptors (Lipinski definition) is 4. The van der Waals surface area contributed by atoms with Crippen molar-refractivity contribution >= 4 is 11.7 Å². The third kappa shape index (κ3) is 1.93. The van der Waals surface area contributed by atoms with Gasteiger partial charge in [-0.25, -0.2) is 4.79 Å². The lowest BCUT2D eigenvalue weighted by atomic mass is 9.93. The van der Waals surface area contributed by atoms with Crippen molar-refractivity contribution < 1.29 is 14.0 Å². The van der Waals surface area contributed by atoms with E-state index in [0.717, 1.165) is 17.8 Å². The maximum Gasteiger partial charge on any atom is 0.323 e. The molecule has 1 aliphatic carbocycles. The molecule has 0 radical (unpaired) electrons. The van der Waals surface area contributed by atoms with Gasteiger partial charge in [0.2, 0.25) is 0 Å². The summed E-state index contributed by atoms with van der Waals surface area (Å²) in [5, 5.41) is 0. The molecule has 4 rings (SSSR count). The van der Waals surface area contributed by atoms with E-state index in [4.69, 9.17) is 4.42 Å². The van der Waals surface area contributed by atoms with Crippen molar-refractivity contribution in [3.05, 3.63) is 45.0 Å². The standard InChI is InChI=1S/C15H15N3O4/c19-11-2-1-3-12-13(11)8(7-22-12)14(20)18-5-4-9-10(6-18)17-15(21)16-9/h7H,1-6H2,(H2,16,17,21). The second-order valence-electron chi connectivity index (χ2n) is 5.74. The Hall–Kier alpha value is -2.57. The van der Waals surface area contributed by atoms with Crippen LogP contribution >= 0.6 is 0 Å². The number of carbonyl (C=O) groups excluding carboxylic acids is 2. The fourth-order valence-corrected chi connectivity index (χ4v) is 3.24. The molecule has 0 atom stereocenters. The molecule has 0 unspecified atom stereocenters. The number of amides is 1. The third-order valence-corrected chi connectivity index (χ3v) is 4.35. The Labute approximate surface area is 125 Å². The van der Waals surface area contributed by atoms with E-state index in [1.807, 2.05) is 0 Å². The van der Waals surface area contributed by atoms with Crippen LogP contribution in [0.2, 0.25) is 0 Å². The van der Waals surface area contributed by atoms with Crippen LogP contribution in [0, 0.1) is 0 Å². The molecule has 114 valence electrons. The summed E-state index contributed by atoms with van der Waals surface area (Å²) >= 11 is 0. The van der Waals surface area contributed by atoms with Gasteiger partial charge in [-0.05, 0) is 6.42 Å². The number of aryl methyl sites for hydroxylation is 1. The number of nitrogens with one attached hydrogen (secondary N) is 2. The van der Waals surface area contributed by atoms with E-state index in [9.17, 15) is 14.4 Å². The number of nitrogens with zero attached hydrogens (tertiary/aromatic N) is 1. The molecule has 0 saturated heterocycles. The minimum Gasteiger partial charge on any atom is -0.468 e. The first kappa shape index (κ1) is 13.1. The number of carbonyl (C=O) groups is 2. The van der Waals surface area contributed by atoms with Crippen LogP contribution in [0.15, 0.2) is 15.5 Å². The van der Waals surface area contributed by atoms with Crippen molar-refractivity contribution in [2.24, 2.45) is 0 Å². The number of rotatable bonds is 1. The zero-order chi connectivity index (χ0) is 15.3. The molecular formula is C15H15N3O4. The lowest BCUT2D eigenvalue weighted by Crippen LogP contribution is -2.36. The summed E-state index contributed by atoms with van der Waals surface area (Å²) in [6, 6.07) is 0. The van der Waals surface area contributed by atoms with Gasteiger partial charge in [0.15, 0.2) is 5.78 Å². The second kappa shape index (κ2) is 4.72. The molecule has 2 N–H and O–H groups in total. The molecule has 0 aromatic carbocycles. The average molecular weight is 301 g/mol. The maximum absolute atomic E-state index is 12.7. The highest BCUT2D eigenvalue weighted by Crippen LogP contribution is 2.28. The fraction of sp³-hybridized carbons (Fsp3) is 0.400. The summed E-state index contributed by atoms with van der Waals surface area (Å²) in [5.41, 5.74) is 2.12. The van der Waals surface area contributed by atoms with Gasteiger partial charge in [-0.2, -0.15) is 0 Å². The molecule has 1 aliphatic heterocycles. The number of fused-ring (bicyclic) bond motifs is 2. The first-order valence-electron chi connectivity index (χ1n) is 7.36. The molecular weight excluding hydrogens is 286 g/mol. The number of ketones is 1.